The van der Waals surface area contributed by atoms with Crippen LogP contribution in [-0.2, 0) is 10.0 Å². The van der Waals surface area contributed by atoms with E-state index in [0.29, 0.717) is 13.1 Å². The van der Waals surface area contributed by atoms with E-state index in [2.05, 4.69) is 4.90 Å². The number of likely N-dealkylation sites (N-methyl/N-ethyl adjacent to an activating group) is 1. The van der Waals surface area contributed by atoms with Gasteiger partial charge in [-0.25, -0.2) is 8.42 Å². The zero-order chi connectivity index (χ0) is 13.3. The van der Waals surface area contributed by atoms with Gasteiger partial charge in [-0.2, -0.15) is 4.31 Å². The van der Waals surface area contributed by atoms with Crippen LogP contribution in [0.3, 0.4) is 0 Å². The van der Waals surface area contributed by atoms with Crippen molar-refractivity contribution in [3.63, 3.8) is 0 Å². The predicted octanol–water partition coefficient (Wildman–Crippen LogP) is -0.0630. The summed E-state index contributed by atoms with van der Waals surface area (Å²) in [6.07, 6.45) is 0. The molecule has 0 aliphatic carbocycles. The van der Waals surface area contributed by atoms with E-state index >= 15 is 0 Å². The van der Waals surface area contributed by atoms with E-state index in [1.807, 2.05) is 27.8 Å². The molecule has 0 aromatic rings. The molecule has 0 aromatic heterocycles. The number of hydrogen-bond acceptors (Lipinski definition) is 4. The van der Waals surface area contributed by atoms with Crippen LogP contribution in [0.5, 0.6) is 0 Å². The zero-order valence-electron chi connectivity index (χ0n) is 11.3. The van der Waals surface area contributed by atoms with Crippen LogP contribution < -0.4 is 5.73 Å². The van der Waals surface area contributed by atoms with Gasteiger partial charge >= 0.3 is 0 Å². The zero-order valence-corrected chi connectivity index (χ0v) is 12.1. The summed E-state index contributed by atoms with van der Waals surface area (Å²) in [7, 11) is -1.20. The van der Waals surface area contributed by atoms with Crippen molar-refractivity contribution in [1.29, 1.82) is 0 Å². The molecule has 1 unspecified atom stereocenters. The van der Waals surface area contributed by atoms with Crippen molar-refractivity contribution >= 4 is 10.0 Å². The number of sulfonamides is 1. The van der Waals surface area contributed by atoms with Gasteiger partial charge in [0.05, 0.1) is 5.75 Å². The molecule has 1 rings (SSSR count). The Hall–Kier alpha value is -0.170. The molecule has 0 bridgehead atoms. The van der Waals surface area contributed by atoms with Gasteiger partial charge in [-0.15, -0.1) is 0 Å². The normalized spacial score (nSPS) is 25.1. The summed E-state index contributed by atoms with van der Waals surface area (Å²) < 4.78 is 26.3. The van der Waals surface area contributed by atoms with Gasteiger partial charge in [-0.1, -0.05) is 20.8 Å². The maximum atomic E-state index is 12.3. The van der Waals surface area contributed by atoms with Crippen LogP contribution in [0.15, 0.2) is 0 Å². The highest BCUT2D eigenvalue weighted by Gasteiger charge is 2.35. The monoisotopic (exact) mass is 263 g/mol. The van der Waals surface area contributed by atoms with E-state index in [-0.39, 0.29) is 17.2 Å². The van der Waals surface area contributed by atoms with Gasteiger partial charge < -0.3 is 10.6 Å². The van der Waals surface area contributed by atoms with Crippen molar-refractivity contribution in [2.24, 2.45) is 11.1 Å². The quantitative estimate of drug-likeness (QED) is 0.774. The average molecular weight is 263 g/mol. The van der Waals surface area contributed by atoms with Crippen LogP contribution in [0.1, 0.15) is 20.8 Å². The summed E-state index contributed by atoms with van der Waals surface area (Å²) in [5.74, 6) is 0.181. The van der Waals surface area contributed by atoms with Crippen molar-refractivity contribution < 1.29 is 8.42 Å². The van der Waals surface area contributed by atoms with E-state index in [0.717, 1.165) is 13.1 Å². The van der Waals surface area contributed by atoms with E-state index in [9.17, 15) is 8.42 Å². The average Bonchev–Trinajstić information content (AvgIpc) is 2.13. The lowest BCUT2D eigenvalue weighted by atomic mass is 10.0. The summed E-state index contributed by atoms with van der Waals surface area (Å²) in [5, 5.41) is 0. The summed E-state index contributed by atoms with van der Waals surface area (Å²) in [6.45, 7) is 8.26. The maximum absolute atomic E-state index is 12.3. The smallest absolute Gasteiger partial charge is 0.215 e. The Balaban J connectivity index is 2.83. The molecule has 6 heteroatoms. The summed E-state index contributed by atoms with van der Waals surface area (Å²) in [4.78, 5) is 2.13. The Bertz CT molecular complexity index is 348. The van der Waals surface area contributed by atoms with Crippen LogP contribution in [0.25, 0.3) is 0 Å². The lowest BCUT2D eigenvalue weighted by molar-refractivity contribution is 0.163. The summed E-state index contributed by atoms with van der Waals surface area (Å²) >= 11 is 0. The van der Waals surface area contributed by atoms with Gasteiger partial charge in [-0.05, 0) is 12.5 Å². The topological polar surface area (TPSA) is 66.6 Å². The lowest BCUT2D eigenvalue weighted by Gasteiger charge is -2.39. The third kappa shape index (κ3) is 4.21. The standard InChI is InChI=1S/C11H25N3O2S/c1-11(2,3)9-17(15,16)14-6-5-13(4)8-10(14)7-12/h10H,5-9,12H2,1-4H3. The Morgan fingerprint density at radius 3 is 2.35 bits per heavy atom. The summed E-state index contributed by atoms with van der Waals surface area (Å²) in [6, 6.07) is -0.0823. The molecule has 1 atom stereocenters. The SMILES string of the molecule is CN1CCN(S(=O)(=O)CC(C)(C)C)C(CN)C1. The summed E-state index contributed by atoms with van der Waals surface area (Å²) in [5.41, 5.74) is 5.46. The third-order valence-corrected chi connectivity index (χ3v) is 5.30. The molecule has 1 saturated heterocycles. The molecule has 2 N–H and O–H groups in total. The number of nitrogens with two attached hydrogens (primary N) is 1. The highest BCUT2D eigenvalue weighted by molar-refractivity contribution is 7.89. The largest absolute Gasteiger partial charge is 0.329 e. The molecule has 0 saturated carbocycles. The number of hydrogen-bond donors (Lipinski definition) is 1. The highest BCUT2D eigenvalue weighted by atomic mass is 32.2. The van der Waals surface area contributed by atoms with E-state index in [1.165, 1.54) is 0 Å². The van der Waals surface area contributed by atoms with Crippen LogP contribution in [0, 0.1) is 5.41 Å². The maximum Gasteiger partial charge on any atom is 0.215 e. The predicted molar refractivity (Wildman–Crippen MR) is 70.3 cm³/mol. The third-order valence-electron chi connectivity index (χ3n) is 2.88. The molecule has 102 valence electrons. The van der Waals surface area contributed by atoms with Gasteiger partial charge in [0.15, 0.2) is 0 Å². The van der Waals surface area contributed by atoms with Gasteiger partial charge in [0.2, 0.25) is 10.0 Å². The molecule has 1 aliphatic heterocycles. The first kappa shape index (κ1) is 14.9. The molecule has 1 fully saturated rings. The fraction of sp³-hybridized carbons (Fsp3) is 1.00. The minimum Gasteiger partial charge on any atom is -0.329 e. The van der Waals surface area contributed by atoms with Gasteiger partial charge in [0, 0.05) is 32.2 Å². The Labute approximate surface area is 105 Å². The molecule has 0 radical (unpaired) electrons. The van der Waals surface area contributed by atoms with Crippen LogP contribution in [0.4, 0.5) is 0 Å². The minimum absolute atomic E-state index is 0.0823. The van der Waals surface area contributed by atoms with Crippen LogP contribution in [0.2, 0.25) is 0 Å². The fourth-order valence-electron chi connectivity index (χ4n) is 2.18. The van der Waals surface area contributed by atoms with Crippen molar-refractivity contribution in [2.75, 3.05) is 39.0 Å². The number of nitrogens with zero attached hydrogens (tertiary/aromatic N) is 2. The number of rotatable bonds is 3. The molecule has 17 heavy (non-hydrogen) atoms. The second-order valence-corrected chi connectivity index (χ2v) is 8.00. The van der Waals surface area contributed by atoms with E-state index in [1.54, 1.807) is 4.31 Å². The molecule has 0 amide bonds. The Morgan fingerprint density at radius 1 is 1.29 bits per heavy atom. The Kier molecular flexibility index (Phi) is 4.57. The van der Waals surface area contributed by atoms with Crippen LogP contribution >= 0.6 is 0 Å². The first-order chi connectivity index (χ1) is 7.65. The van der Waals surface area contributed by atoms with Gasteiger partial charge in [0.25, 0.3) is 0 Å². The molecule has 1 aliphatic rings. The minimum atomic E-state index is -3.20. The lowest BCUT2D eigenvalue weighted by Crippen LogP contribution is -2.57. The fourth-order valence-corrected chi connectivity index (χ4v) is 4.41. The molecular formula is C11H25N3O2S. The molecule has 0 spiro atoms. The van der Waals surface area contributed by atoms with Crippen molar-refractivity contribution in [1.82, 2.24) is 9.21 Å². The molecule has 1 heterocycles. The first-order valence-electron chi connectivity index (χ1n) is 6.04. The molecular weight excluding hydrogens is 238 g/mol. The Morgan fingerprint density at radius 2 is 1.88 bits per heavy atom. The molecule has 5 nitrogen and oxygen atoms in total. The van der Waals surface area contributed by atoms with Crippen molar-refractivity contribution in [2.45, 2.75) is 26.8 Å². The van der Waals surface area contributed by atoms with Gasteiger partial charge in [0.1, 0.15) is 0 Å². The van der Waals surface area contributed by atoms with Gasteiger partial charge in [-0.3, -0.25) is 0 Å². The van der Waals surface area contributed by atoms with E-state index in [4.69, 9.17) is 5.73 Å². The van der Waals surface area contributed by atoms with Crippen molar-refractivity contribution in [3.8, 4) is 0 Å². The highest BCUT2D eigenvalue weighted by Crippen LogP contribution is 2.21. The van der Waals surface area contributed by atoms with Crippen LogP contribution in [-0.4, -0.2) is 62.6 Å². The second kappa shape index (κ2) is 5.22. The van der Waals surface area contributed by atoms with Crippen molar-refractivity contribution in [3.05, 3.63) is 0 Å². The van der Waals surface area contributed by atoms with E-state index < -0.39 is 10.0 Å². The molecule has 0 aromatic carbocycles. The second-order valence-electron chi connectivity index (χ2n) is 6.08. The number of piperazine rings is 1. The first-order valence-corrected chi connectivity index (χ1v) is 7.65.